The predicted octanol–water partition coefficient (Wildman–Crippen LogP) is 5.09. The number of fused-ring (bicyclic) bond motifs is 1. The van der Waals surface area contributed by atoms with Gasteiger partial charge in [0.05, 0.1) is 40.5 Å². The van der Waals surface area contributed by atoms with Crippen molar-refractivity contribution in [3.8, 4) is 5.75 Å². The number of esters is 1. The van der Waals surface area contributed by atoms with Gasteiger partial charge in [0.25, 0.3) is 11.2 Å². The van der Waals surface area contributed by atoms with E-state index in [1.54, 1.807) is 38.3 Å². The molecule has 2 aliphatic heterocycles. The number of methoxy groups -OCH3 is 1. The number of hydrogen-bond acceptors (Lipinski definition) is 9. The first-order valence-electron chi connectivity index (χ1n) is 15.2. The van der Waals surface area contributed by atoms with Crippen LogP contribution in [0.4, 0.5) is 11.4 Å². The molecule has 0 aliphatic carbocycles. The fraction of sp³-hybridized carbons (Fsp3) is 0.286. The predicted molar refractivity (Wildman–Crippen MR) is 178 cm³/mol. The first-order chi connectivity index (χ1) is 22.3. The summed E-state index contributed by atoms with van der Waals surface area (Å²) in [6, 6.07) is 20.5. The van der Waals surface area contributed by atoms with Crippen molar-refractivity contribution in [3.63, 3.8) is 0 Å². The molecule has 0 saturated carbocycles. The van der Waals surface area contributed by atoms with E-state index >= 15 is 0 Å². The Kier molecular flexibility index (Phi) is 8.85. The van der Waals surface area contributed by atoms with Crippen molar-refractivity contribution in [1.29, 1.82) is 0 Å². The van der Waals surface area contributed by atoms with Crippen LogP contribution >= 0.6 is 11.3 Å². The van der Waals surface area contributed by atoms with Crippen LogP contribution in [0.15, 0.2) is 88.2 Å². The number of aromatic nitrogens is 1. The van der Waals surface area contributed by atoms with Gasteiger partial charge >= 0.3 is 5.97 Å². The van der Waals surface area contributed by atoms with Crippen molar-refractivity contribution in [1.82, 2.24) is 4.57 Å². The highest BCUT2D eigenvalue weighted by molar-refractivity contribution is 7.07. The third-order valence-corrected chi connectivity index (χ3v) is 9.40. The van der Waals surface area contributed by atoms with Gasteiger partial charge in [-0.1, -0.05) is 60.7 Å². The minimum atomic E-state index is -0.865. The monoisotopic (exact) mass is 638 g/mol. The number of ether oxygens (including phenoxy) is 2. The molecule has 1 saturated heterocycles. The molecule has 0 radical (unpaired) electrons. The highest BCUT2D eigenvalue weighted by atomic mass is 32.1. The Hall–Kier alpha value is -5.03. The van der Waals surface area contributed by atoms with Crippen molar-refractivity contribution in [2.75, 3.05) is 31.7 Å². The molecular weight excluding hydrogens is 604 g/mol. The lowest BCUT2D eigenvalue weighted by Crippen LogP contribution is -2.40. The number of non-ortho nitro benzene ring substituents is 1. The first kappa shape index (κ1) is 31.0. The minimum Gasteiger partial charge on any atom is -0.497 e. The number of nitro groups is 1. The average molecular weight is 639 g/mol. The molecule has 10 nitrogen and oxygen atoms in total. The molecule has 2 aliphatic rings. The molecule has 0 amide bonds. The van der Waals surface area contributed by atoms with Gasteiger partial charge in [0.2, 0.25) is 0 Å². The summed E-state index contributed by atoms with van der Waals surface area (Å²) in [5.41, 5.74) is 3.00. The van der Waals surface area contributed by atoms with Crippen molar-refractivity contribution in [2.24, 2.45) is 10.9 Å². The van der Waals surface area contributed by atoms with E-state index in [1.807, 2.05) is 42.5 Å². The Morgan fingerprint density at radius 3 is 2.54 bits per heavy atom. The van der Waals surface area contributed by atoms with Crippen molar-refractivity contribution in [2.45, 2.75) is 32.7 Å². The summed E-state index contributed by atoms with van der Waals surface area (Å²) < 4.78 is 12.9. The third-order valence-electron chi connectivity index (χ3n) is 8.42. The molecule has 1 aromatic heterocycles. The summed E-state index contributed by atoms with van der Waals surface area (Å²) in [7, 11) is 1.56. The SMILES string of the molecule is CCOC(=O)C1=C(c2ccccc2)N=c2s/c(=C/c3cc([N+](=O)[O-])ccc3N3CCC(C)CC3)c(=O)n2[C@@H]1c1cccc(OC)c1. The lowest BCUT2D eigenvalue weighted by Gasteiger charge is -2.33. The van der Waals surface area contributed by atoms with E-state index < -0.39 is 16.9 Å². The van der Waals surface area contributed by atoms with Gasteiger partial charge in [-0.05, 0) is 55.5 Å². The molecule has 1 fully saturated rings. The molecular formula is C35H34N4O6S. The minimum absolute atomic E-state index is 0.0571. The van der Waals surface area contributed by atoms with Gasteiger partial charge in [-0.25, -0.2) is 9.79 Å². The van der Waals surface area contributed by atoms with Crippen LogP contribution in [-0.2, 0) is 9.53 Å². The summed E-state index contributed by atoms with van der Waals surface area (Å²) in [5.74, 6) is 0.594. The van der Waals surface area contributed by atoms with E-state index in [0.717, 1.165) is 31.6 Å². The first-order valence-corrected chi connectivity index (χ1v) is 16.1. The molecule has 0 unspecified atom stereocenters. The van der Waals surface area contributed by atoms with Crippen LogP contribution in [0.25, 0.3) is 11.8 Å². The van der Waals surface area contributed by atoms with E-state index in [1.165, 1.54) is 28.0 Å². The zero-order chi connectivity index (χ0) is 32.4. The molecule has 1 atom stereocenters. The molecule has 0 spiro atoms. The number of carbonyl (C=O) groups is 1. The fourth-order valence-corrected chi connectivity index (χ4v) is 7.01. The molecule has 46 heavy (non-hydrogen) atoms. The lowest BCUT2D eigenvalue weighted by atomic mass is 9.93. The van der Waals surface area contributed by atoms with Gasteiger partial charge in [-0.2, -0.15) is 0 Å². The Labute approximate surface area is 269 Å². The Bertz CT molecular complexity index is 2010. The number of piperidine rings is 1. The van der Waals surface area contributed by atoms with Crippen LogP contribution < -0.4 is 24.5 Å². The van der Waals surface area contributed by atoms with E-state index in [4.69, 9.17) is 14.5 Å². The number of anilines is 1. The van der Waals surface area contributed by atoms with Crippen molar-refractivity contribution >= 4 is 40.5 Å². The quantitative estimate of drug-likeness (QED) is 0.150. The molecule has 4 aromatic rings. The molecule has 3 aromatic carbocycles. The van der Waals surface area contributed by atoms with E-state index in [2.05, 4.69) is 11.8 Å². The highest BCUT2D eigenvalue weighted by Gasteiger charge is 2.35. The molecule has 6 rings (SSSR count). The normalized spacial score (nSPS) is 17.0. The fourth-order valence-electron chi connectivity index (χ4n) is 6.02. The van der Waals surface area contributed by atoms with Crippen LogP contribution in [0.5, 0.6) is 5.75 Å². The molecule has 236 valence electrons. The number of benzene rings is 3. The topological polar surface area (TPSA) is 116 Å². The van der Waals surface area contributed by atoms with Gasteiger partial charge < -0.3 is 14.4 Å². The smallest absolute Gasteiger partial charge is 0.338 e. The Morgan fingerprint density at radius 2 is 1.85 bits per heavy atom. The standard InChI is InChI=1S/C35H34N4O6S/c1-4-45-34(41)30-31(23-9-6-5-7-10-23)36-35-38(32(30)24-11-8-12-27(20-24)44-3)33(40)29(46-35)21-25-19-26(39(42)43)13-14-28(25)37-17-15-22(2)16-18-37/h5-14,19-22,32H,4,15-18H2,1-3H3/b29-21+/t32-/m1/s1. The van der Waals surface area contributed by atoms with E-state index in [-0.39, 0.29) is 23.4 Å². The third kappa shape index (κ3) is 5.97. The Morgan fingerprint density at radius 1 is 1.09 bits per heavy atom. The maximum Gasteiger partial charge on any atom is 0.338 e. The molecule has 0 bridgehead atoms. The molecule has 3 heterocycles. The second-order valence-electron chi connectivity index (χ2n) is 11.4. The van der Waals surface area contributed by atoms with Gasteiger partial charge in [-0.3, -0.25) is 19.5 Å². The largest absolute Gasteiger partial charge is 0.497 e. The van der Waals surface area contributed by atoms with Crippen LogP contribution in [0, 0.1) is 16.0 Å². The Balaban J connectivity index is 1.61. The number of nitrogens with zero attached hydrogens (tertiary/aromatic N) is 4. The van der Waals surface area contributed by atoms with Crippen molar-refractivity contribution < 1.29 is 19.2 Å². The maximum atomic E-state index is 14.4. The van der Waals surface area contributed by atoms with Gasteiger partial charge in [0.1, 0.15) is 5.75 Å². The summed E-state index contributed by atoms with van der Waals surface area (Å²) in [6.45, 7) is 5.74. The number of thiazole rings is 1. The zero-order valence-electron chi connectivity index (χ0n) is 25.8. The average Bonchev–Trinajstić information content (AvgIpc) is 3.38. The van der Waals surface area contributed by atoms with Gasteiger partial charge in [-0.15, -0.1) is 0 Å². The highest BCUT2D eigenvalue weighted by Crippen LogP contribution is 2.36. The summed E-state index contributed by atoms with van der Waals surface area (Å²) in [4.78, 5) is 47.0. The zero-order valence-corrected chi connectivity index (χ0v) is 26.7. The second-order valence-corrected chi connectivity index (χ2v) is 12.4. The van der Waals surface area contributed by atoms with Crippen LogP contribution in [0.3, 0.4) is 0 Å². The van der Waals surface area contributed by atoms with E-state index in [0.29, 0.717) is 43.4 Å². The summed E-state index contributed by atoms with van der Waals surface area (Å²) in [6.07, 6.45) is 3.74. The maximum absolute atomic E-state index is 14.4. The van der Waals surface area contributed by atoms with Crippen LogP contribution in [-0.4, -0.2) is 42.3 Å². The number of hydrogen-bond donors (Lipinski definition) is 0. The number of carbonyl (C=O) groups excluding carboxylic acids is 1. The van der Waals surface area contributed by atoms with E-state index in [9.17, 15) is 19.7 Å². The van der Waals surface area contributed by atoms with Gasteiger partial charge in [0, 0.05) is 42.0 Å². The number of rotatable bonds is 8. The summed E-state index contributed by atoms with van der Waals surface area (Å²) >= 11 is 1.18. The number of nitro benzene ring substituents is 1. The van der Waals surface area contributed by atoms with Crippen LogP contribution in [0.2, 0.25) is 0 Å². The summed E-state index contributed by atoms with van der Waals surface area (Å²) in [5, 5.41) is 11.8. The van der Waals surface area contributed by atoms with Crippen LogP contribution in [0.1, 0.15) is 49.4 Å². The second kappa shape index (κ2) is 13.1. The lowest BCUT2D eigenvalue weighted by molar-refractivity contribution is -0.384. The van der Waals surface area contributed by atoms with Gasteiger partial charge in [0.15, 0.2) is 4.80 Å². The van der Waals surface area contributed by atoms with Crippen molar-refractivity contribution in [3.05, 3.63) is 125 Å². The molecule has 11 heteroatoms. The molecule has 0 N–H and O–H groups in total.